The van der Waals surface area contributed by atoms with Crippen molar-refractivity contribution in [2.24, 2.45) is 0 Å². The summed E-state index contributed by atoms with van der Waals surface area (Å²) in [6.07, 6.45) is 5.73. The Hall–Kier alpha value is -2.19. The predicted molar refractivity (Wildman–Crippen MR) is 165 cm³/mol. The van der Waals surface area contributed by atoms with E-state index in [0.29, 0.717) is 18.0 Å². The quantitative estimate of drug-likeness (QED) is 0.361. The van der Waals surface area contributed by atoms with E-state index in [2.05, 4.69) is 71.6 Å². The summed E-state index contributed by atoms with van der Waals surface area (Å²) in [5.74, 6) is 0.323. The third-order valence-electron chi connectivity index (χ3n) is 9.70. The summed E-state index contributed by atoms with van der Waals surface area (Å²) in [6.45, 7) is 15.9. The minimum Gasteiger partial charge on any atom is -0.383 e. The number of aromatic nitrogens is 1. The molecular weight excluding hydrogens is 516 g/mol. The number of piperazine rings is 1. The lowest BCUT2D eigenvalue weighted by molar-refractivity contribution is -0.137. The number of ether oxygens (including phenoxy) is 1. The van der Waals surface area contributed by atoms with Gasteiger partial charge in [-0.2, -0.15) is 0 Å². The van der Waals surface area contributed by atoms with Gasteiger partial charge in [0.25, 0.3) is 0 Å². The van der Waals surface area contributed by atoms with E-state index in [4.69, 9.17) is 4.74 Å². The average Bonchev–Trinajstić information content (AvgIpc) is 3.71. The van der Waals surface area contributed by atoms with Crippen LogP contribution in [0.2, 0.25) is 0 Å². The topological polar surface area (TPSA) is 51.8 Å². The van der Waals surface area contributed by atoms with E-state index < -0.39 is 5.41 Å². The fraction of sp³-hybridized carbons (Fsp3) is 0.606. The molecule has 6 nitrogen and oxygen atoms in total. The zero-order valence-corrected chi connectivity index (χ0v) is 25.8. The molecule has 1 aromatic carbocycles. The van der Waals surface area contributed by atoms with Crippen LogP contribution in [-0.2, 0) is 21.4 Å². The number of nitrogens with zero attached hydrogens (tertiary/aromatic N) is 3. The number of rotatable bonds is 9. The molecule has 0 unspecified atom stereocenters. The van der Waals surface area contributed by atoms with Crippen LogP contribution in [0.25, 0.3) is 21.5 Å². The molecule has 216 valence electrons. The largest absolute Gasteiger partial charge is 0.383 e. The van der Waals surface area contributed by atoms with Crippen molar-refractivity contribution < 1.29 is 9.53 Å². The summed E-state index contributed by atoms with van der Waals surface area (Å²) in [5, 5.41) is 1.30. The molecule has 2 bridgehead atoms. The minimum absolute atomic E-state index is 0.323. The number of thiophene rings is 1. The number of hydrogen-bond acceptors (Lipinski definition) is 5. The molecule has 2 aromatic heterocycles. The van der Waals surface area contributed by atoms with Crippen molar-refractivity contribution in [2.75, 3.05) is 53.0 Å². The molecule has 6 rings (SSSR count). The van der Waals surface area contributed by atoms with Crippen LogP contribution in [0.5, 0.6) is 0 Å². The molecule has 0 spiro atoms. The SMILES string of the molecule is COCCN1CCN(CCc2c(-c3cc(C)cc(C)c3)[nH]c3sc(C(C)(C)C(=O)N4C5CCC4CC5)cc23)CC1. The van der Waals surface area contributed by atoms with Gasteiger partial charge in [-0.15, -0.1) is 11.3 Å². The number of carbonyl (C=O) groups excluding carboxylic acids is 1. The van der Waals surface area contributed by atoms with E-state index >= 15 is 0 Å². The molecule has 0 aliphatic carbocycles. The minimum atomic E-state index is -0.508. The third-order valence-corrected chi connectivity index (χ3v) is 11.1. The smallest absolute Gasteiger partial charge is 0.233 e. The second kappa shape index (κ2) is 11.2. The number of methoxy groups -OCH3 is 1. The normalized spacial score (nSPS) is 22.2. The van der Waals surface area contributed by atoms with E-state index in [0.717, 1.165) is 52.3 Å². The van der Waals surface area contributed by atoms with Crippen LogP contribution in [0.3, 0.4) is 0 Å². The van der Waals surface area contributed by atoms with Gasteiger partial charge in [0, 0.05) is 68.7 Å². The Morgan fingerprint density at radius 1 is 0.950 bits per heavy atom. The van der Waals surface area contributed by atoms with Crippen molar-refractivity contribution >= 4 is 27.5 Å². The molecule has 3 saturated heterocycles. The zero-order valence-electron chi connectivity index (χ0n) is 25.0. The van der Waals surface area contributed by atoms with Gasteiger partial charge < -0.3 is 19.5 Å². The Kier molecular flexibility index (Phi) is 7.85. The third kappa shape index (κ3) is 5.26. The van der Waals surface area contributed by atoms with E-state index in [-0.39, 0.29) is 0 Å². The number of hydrogen-bond donors (Lipinski definition) is 1. The Morgan fingerprint density at radius 3 is 2.15 bits per heavy atom. The van der Waals surface area contributed by atoms with Crippen LogP contribution >= 0.6 is 11.3 Å². The molecule has 7 heteroatoms. The number of benzene rings is 1. The van der Waals surface area contributed by atoms with Crippen LogP contribution in [0, 0.1) is 13.8 Å². The molecule has 3 aliphatic rings. The first kappa shape index (κ1) is 28.0. The lowest BCUT2D eigenvalue weighted by Crippen LogP contribution is -2.47. The van der Waals surface area contributed by atoms with Gasteiger partial charge in [-0.1, -0.05) is 17.2 Å². The van der Waals surface area contributed by atoms with Gasteiger partial charge in [-0.25, -0.2) is 0 Å². The lowest BCUT2D eigenvalue weighted by atomic mass is 9.88. The van der Waals surface area contributed by atoms with Crippen LogP contribution in [-0.4, -0.2) is 90.7 Å². The fourth-order valence-electron chi connectivity index (χ4n) is 7.36. The molecule has 5 heterocycles. The number of fused-ring (bicyclic) bond motifs is 3. The molecule has 3 aliphatic heterocycles. The first-order valence-electron chi connectivity index (χ1n) is 15.2. The number of H-pyrrole nitrogens is 1. The van der Waals surface area contributed by atoms with E-state index in [1.54, 1.807) is 18.4 Å². The van der Waals surface area contributed by atoms with Gasteiger partial charge in [0.2, 0.25) is 5.91 Å². The summed E-state index contributed by atoms with van der Waals surface area (Å²) in [6, 6.07) is 10.1. The summed E-state index contributed by atoms with van der Waals surface area (Å²) in [4.78, 5) is 27.5. The highest BCUT2D eigenvalue weighted by atomic mass is 32.1. The Balaban J connectivity index is 1.28. The summed E-state index contributed by atoms with van der Waals surface area (Å²) in [5.41, 5.74) is 5.99. The molecule has 3 aromatic rings. The standard InChI is InChI=1S/C33H46N4O2S/c1-22-18-23(2)20-24(19-22)30-27(10-11-35-12-14-36(15-13-35)16-17-39-5)28-21-29(40-31(28)34-30)33(3,4)32(38)37-25-6-7-26(37)9-8-25/h18-21,25-26,34H,6-17H2,1-5H3. The van der Waals surface area contributed by atoms with Crippen molar-refractivity contribution in [3.8, 4) is 11.3 Å². The van der Waals surface area contributed by atoms with Crippen LogP contribution in [0.1, 0.15) is 61.1 Å². The van der Waals surface area contributed by atoms with Crippen molar-refractivity contribution in [3.05, 3.63) is 45.8 Å². The van der Waals surface area contributed by atoms with Crippen molar-refractivity contribution in [1.82, 2.24) is 19.7 Å². The summed E-state index contributed by atoms with van der Waals surface area (Å²) < 4.78 is 5.28. The second-order valence-corrected chi connectivity index (χ2v) is 14.0. The molecule has 40 heavy (non-hydrogen) atoms. The molecule has 3 fully saturated rings. The molecule has 0 radical (unpaired) electrons. The van der Waals surface area contributed by atoms with Crippen molar-refractivity contribution in [2.45, 2.75) is 77.3 Å². The second-order valence-electron chi connectivity index (χ2n) is 12.9. The molecule has 1 N–H and O–H groups in total. The van der Waals surface area contributed by atoms with Gasteiger partial charge in [-0.3, -0.25) is 9.69 Å². The zero-order chi connectivity index (χ0) is 28.0. The Labute approximate surface area is 243 Å². The fourth-order valence-corrected chi connectivity index (χ4v) is 8.55. The number of aromatic amines is 1. The maximum absolute atomic E-state index is 13.9. The maximum atomic E-state index is 13.9. The molecular formula is C33H46N4O2S. The highest BCUT2D eigenvalue weighted by molar-refractivity contribution is 7.19. The van der Waals surface area contributed by atoms with Crippen molar-refractivity contribution in [3.63, 3.8) is 0 Å². The summed E-state index contributed by atoms with van der Waals surface area (Å²) in [7, 11) is 1.78. The Morgan fingerprint density at radius 2 is 1.55 bits per heavy atom. The number of aryl methyl sites for hydroxylation is 2. The molecule has 0 atom stereocenters. The number of amides is 1. The predicted octanol–water partition coefficient (Wildman–Crippen LogP) is 5.75. The van der Waals surface area contributed by atoms with E-state index in [9.17, 15) is 4.79 Å². The number of nitrogens with one attached hydrogen (secondary N) is 1. The van der Waals surface area contributed by atoms with E-state index in [1.165, 1.54) is 68.7 Å². The first-order valence-corrected chi connectivity index (χ1v) is 16.1. The van der Waals surface area contributed by atoms with Gasteiger partial charge in [0.1, 0.15) is 4.83 Å². The summed E-state index contributed by atoms with van der Waals surface area (Å²) >= 11 is 1.79. The number of carbonyl (C=O) groups is 1. The Bertz CT molecular complexity index is 1330. The molecule has 0 saturated carbocycles. The van der Waals surface area contributed by atoms with E-state index in [1.807, 2.05) is 0 Å². The highest BCUT2D eigenvalue weighted by Gasteiger charge is 2.47. The van der Waals surface area contributed by atoms with Gasteiger partial charge >= 0.3 is 0 Å². The average molecular weight is 563 g/mol. The van der Waals surface area contributed by atoms with Gasteiger partial charge in [0.05, 0.1) is 17.7 Å². The monoisotopic (exact) mass is 562 g/mol. The van der Waals surface area contributed by atoms with Gasteiger partial charge in [0.15, 0.2) is 0 Å². The maximum Gasteiger partial charge on any atom is 0.233 e. The van der Waals surface area contributed by atoms with Crippen LogP contribution in [0.4, 0.5) is 0 Å². The van der Waals surface area contributed by atoms with Crippen LogP contribution < -0.4 is 0 Å². The first-order chi connectivity index (χ1) is 19.2. The van der Waals surface area contributed by atoms with Crippen molar-refractivity contribution in [1.29, 1.82) is 0 Å². The van der Waals surface area contributed by atoms with Gasteiger partial charge in [-0.05, 0) is 89.1 Å². The highest BCUT2D eigenvalue weighted by Crippen LogP contribution is 2.44. The molecule has 1 amide bonds. The van der Waals surface area contributed by atoms with Crippen LogP contribution in [0.15, 0.2) is 24.3 Å². The lowest BCUT2D eigenvalue weighted by Gasteiger charge is -2.34.